The topological polar surface area (TPSA) is 128 Å². The lowest BCUT2D eigenvalue weighted by Crippen LogP contribution is -2.16. The second-order valence-electron chi connectivity index (χ2n) is 9.47. The molecule has 10 nitrogen and oxygen atoms in total. The normalized spacial score (nSPS) is 15.1. The van der Waals surface area contributed by atoms with Crippen LogP contribution in [0.1, 0.15) is 35.4 Å². The highest BCUT2D eigenvalue weighted by Crippen LogP contribution is 2.17. The van der Waals surface area contributed by atoms with Crippen molar-refractivity contribution in [3.05, 3.63) is 95.3 Å². The Hall–Kier alpha value is -4.86. The lowest BCUT2D eigenvalue weighted by Gasteiger charge is -2.11. The molecule has 4 aromatic rings. The van der Waals surface area contributed by atoms with Crippen molar-refractivity contribution >= 4 is 23.5 Å². The van der Waals surface area contributed by atoms with Gasteiger partial charge in [-0.25, -0.2) is 0 Å². The van der Waals surface area contributed by atoms with E-state index in [0.29, 0.717) is 36.3 Å². The van der Waals surface area contributed by atoms with Crippen molar-refractivity contribution in [3.8, 4) is 11.5 Å². The van der Waals surface area contributed by atoms with Crippen LogP contribution in [0.15, 0.2) is 72.8 Å². The van der Waals surface area contributed by atoms with Crippen LogP contribution in [-0.4, -0.2) is 45.4 Å². The lowest BCUT2D eigenvalue weighted by molar-refractivity contribution is -0.116. The molecule has 0 atom stereocenters. The van der Waals surface area contributed by atoms with Crippen molar-refractivity contribution in [1.29, 1.82) is 0 Å². The molecule has 2 aromatic heterocycles. The minimum atomic E-state index is -0.184. The van der Waals surface area contributed by atoms with E-state index in [1.807, 2.05) is 60.7 Å². The molecule has 10 heteroatoms. The van der Waals surface area contributed by atoms with Crippen LogP contribution in [-0.2, 0) is 35.3 Å². The third-order valence-electron chi connectivity index (χ3n) is 6.24. The number of carbonyl (C=O) groups excluding carboxylic acids is 2. The van der Waals surface area contributed by atoms with E-state index in [4.69, 9.17) is 9.47 Å². The molecule has 2 aromatic carbocycles. The Morgan fingerprint density at radius 2 is 1.05 bits per heavy atom. The molecule has 2 amide bonds. The predicted molar refractivity (Wildman–Crippen MR) is 149 cm³/mol. The van der Waals surface area contributed by atoms with Crippen molar-refractivity contribution in [2.45, 2.75) is 38.5 Å². The summed E-state index contributed by atoms with van der Waals surface area (Å²) in [7, 11) is 0. The zero-order valence-electron chi connectivity index (χ0n) is 22.0. The Morgan fingerprint density at radius 3 is 1.48 bits per heavy atom. The molecule has 0 fully saturated rings. The van der Waals surface area contributed by atoms with E-state index in [2.05, 4.69) is 31.0 Å². The number of benzene rings is 2. The highest BCUT2D eigenvalue weighted by Gasteiger charge is 2.09. The van der Waals surface area contributed by atoms with E-state index in [0.717, 1.165) is 48.2 Å². The average molecular weight is 539 g/mol. The molecule has 5 heterocycles. The first-order chi connectivity index (χ1) is 19.6. The van der Waals surface area contributed by atoms with E-state index >= 15 is 0 Å². The summed E-state index contributed by atoms with van der Waals surface area (Å²) < 4.78 is 11.6. The Balaban J connectivity index is 1.26. The summed E-state index contributed by atoms with van der Waals surface area (Å²) in [5.74, 6) is 1.75. The van der Waals surface area contributed by atoms with Crippen LogP contribution in [0.2, 0.25) is 0 Å². The molecule has 0 saturated carbocycles. The van der Waals surface area contributed by atoms with Gasteiger partial charge in [0.1, 0.15) is 24.7 Å². The fourth-order valence-corrected chi connectivity index (χ4v) is 4.29. The summed E-state index contributed by atoms with van der Waals surface area (Å²) in [6.07, 6.45) is 3.70. The van der Waals surface area contributed by atoms with Gasteiger partial charge in [0.2, 0.25) is 11.8 Å². The molecule has 3 aliphatic heterocycles. The highest BCUT2D eigenvalue weighted by atomic mass is 16.5. The summed E-state index contributed by atoms with van der Waals surface area (Å²) in [4.78, 5) is 25.1. The van der Waals surface area contributed by atoms with Gasteiger partial charge in [0.25, 0.3) is 0 Å². The largest absolute Gasteiger partial charge is 0.490 e. The average Bonchev–Trinajstić information content (AvgIpc) is 2.95. The summed E-state index contributed by atoms with van der Waals surface area (Å²) in [6, 6.07) is 22.1. The van der Waals surface area contributed by atoms with E-state index in [-0.39, 0.29) is 24.7 Å². The Kier molecular flexibility index (Phi) is 8.87. The van der Waals surface area contributed by atoms with Crippen molar-refractivity contribution in [2.24, 2.45) is 0 Å². The molecule has 204 valence electrons. The maximum absolute atomic E-state index is 12.6. The molecule has 0 unspecified atom stereocenters. The number of carbonyl (C=O) groups is 2. The predicted octanol–water partition coefficient (Wildman–Crippen LogP) is 3.97. The Morgan fingerprint density at radius 1 is 0.575 bits per heavy atom. The molecule has 0 spiro atoms. The number of ether oxygens (including phenoxy) is 2. The van der Waals surface area contributed by atoms with Gasteiger partial charge in [-0.05, 0) is 85.3 Å². The maximum atomic E-state index is 12.6. The van der Waals surface area contributed by atoms with Crippen LogP contribution < -0.4 is 20.1 Å². The lowest BCUT2D eigenvalue weighted by atomic mass is 10.1. The van der Waals surface area contributed by atoms with Gasteiger partial charge in [-0.3, -0.25) is 9.59 Å². The Bertz CT molecular complexity index is 1330. The summed E-state index contributed by atoms with van der Waals surface area (Å²) in [5, 5.41) is 22.4. The fourth-order valence-electron chi connectivity index (χ4n) is 4.29. The monoisotopic (exact) mass is 538 g/mol. The van der Waals surface area contributed by atoms with E-state index < -0.39 is 0 Å². The molecular weight excluding hydrogens is 508 g/mol. The maximum Gasteiger partial charge on any atom is 0.229 e. The van der Waals surface area contributed by atoms with E-state index in [1.54, 1.807) is 12.1 Å². The molecule has 7 rings (SSSR count). The first-order valence-corrected chi connectivity index (χ1v) is 13.3. The van der Waals surface area contributed by atoms with Crippen LogP contribution in [0.5, 0.6) is 11.5 Å². The molecule has 2 N–H and O–H groups in total. The number of aromatic nitrogens is 4. The first-order valence-electron chi connectivity index (χ1n) is 13.3. The minimum Gasteiger partial charge on any atom is -0.490 e. The number of nitrogens with zero attached hydrogens (tertiary/aromatic N) is 4. The zero-order valence-corrected chi connectivity index (χ0v) is 22.0. The molecule has 0 aliphatic carbocycles. The van der Waals surface area contributed by atoms with Crippen molar-refractivity contribution in [2.75, 3.05) is 23.8 Å². The zero-order chi connectivity index (χ0) is 27.6. The molecule has 3 aliphatic rings. The number of nitrogens with one attached hydrogen (secondary N) is 2. The highest BCUT2D eigenvalue weighted by molar-refractivity contribution is 5.91. The van der Waals surface area contributed by atoms with Gasteiger partial charge in [0.05, 0.1) is 24.2 Å². The second-order valence-corrected chi connectivity index (χ2v) is 9.47. The van der Waals surface area contributed by atoms with E-state index in [9.17, 15) is 9.59 Å². The second kappa shape index (κ2) is 13.3. The molecule has 0 radical (unpaired) electrons. The SMILES string of the molecule is O=C1Cc2cccc(c2)OCCOc2cccc(c2)CC(=O)Nc2ccc(nn2)CCCCc2ccc(nn2)N1. The van der Waals surface area contributed by atoms with Gasteiger partial charge in [-0.1, -0.05) is 24.3 Å². The number of amides is 2. The van der Waals surface area contributed by atoms with Crippen molar-refractivity contribution in [3.63, 3.8) is 0 Å². The van der Waals surface area contributed by atoms with Crippen LogP contribution in [0, 0.1) is 0 Å². The minimum absolute atomic E-state index is 0.182. The van der Waals surface area contributed by atoms with Gasteiger partial charge in [-0.15, -0.1) is 10.2 Å². The molecular formula is C30H30N6O4. The quantitative estimate of drug-likeness (QED) is 0.344. The number of rotatable bonds is 0. The third kappa shape index (κ3) is 8.07. The Labute approximate surface area is 232 Å². The smallest absolute Gasteiger partial charge is 0.229 e. The van der Waals surface area contributed by atoms with Gasteiger partial charge < -0.3 is 20.1 Å². The number of hydrogen-bond donors (Lipinski definition) is 2. The van der Waals surface area contributed by atoms with Gasteiger partial charge in [-0.2, -0.15) is 10.2 Å². The van der Waals surface area contributed by atoms with Crippen molar-refractivity contribution in [1.82, 2.24) is 20.4 Å². The molecule has 8 bridgehead atoms. The number of hydrogen-bond acceptors (Lipinski definition) is 8. The summed E-state index contributed by atoms with van der Waals surface area (Å²) >= 11 is 0. The van der Waals surface area contributed by atoms with Crippen LogP contribution >= 0.6 is 0 Å². The first kappa shape index (κ1) is 26.7. The van der Waals surface area contributed by atoms with Crippen LogP contribution in [0.4, 0.5) is 11.6 Å². The van der Waals surface area contributed by atoms with E-state index in [1.165, 1.54) is 0 Å². The van der Waals surface area contributed by atoms with Crippen molar-refractivity contribution < 1.29 is 19.1 Å². The van der Waals surface area contributed by atoms with Gasteiger partial charge in [0.15, 0.2) is 11.6 Å². The molecule has 0 saturated heterocycles. The number of anilines is 2. The number of fused-ring (bicyclic) bond motifs is 2. The van der Waals surface area contributed by atoms with Gasteiger partial charge in [0, 0.05) is 0 Å². The summed E-state index contributed by atoms with van der Waals surface area (Å²) in [5.41, 5.74) is 3.35. The third-order valence-corrected chi connectivity index (χ3v) is 6.24. The van der Waals surface area contributed by atoms with Gasteiger partial charge >= 0.3 is 0 Å². The molecule has 40 heavy (non-hydrogen) atoms. The fraction of sp³-hybridized carbons (Fsp3) is 0.267. The van der Waals surface area contributed by atoms with Crippen LogP contribution in [0.25, 0.3) is 0 Å². The standard InChI is InChI=1S/C30H30N6O4/c37-29-19-21-5-3-9-25(17-21)39-15-16-40-26-10-4-6-22(18-26)20-30(38)32-28-14-12-24(34-36-28)8-2-1-7-23-11-13-27(31-29)35-33-23/h3-6,9-14,17-18H,1-2,7-8,15-16,19-20H2,(H,31,35,37)(H,32,36,38). The van der Waals surface area contributed by atoms with Crippen LogP contribution in [0.3, 0.4) is 0 Å². The summed E-state index contributed by atoms with van der Waals surface area (Å²) in [6.45, 7) is 0.633. The number of aryl methyl sites for hydroxylation is 2.